The van der Waals surface area contributed by atoms with E-state index in [0.29, 0.717) is 31.7 Å². The van der Waals surface area contributed by atoms with Crippen LogP contribution in [0.15, 0.2) is 69.7 Å². The van der Waals surface area contributed by atoms with Crippen molar-refractivity contribution in [2.75, 3.05) is 0 Å². The fourth-order valence-electron chi connectivity index (χ4n) is 3.76. The molecule has 0 saturated heterocycles. The Balaban J connectivity index is 1.75. The molecule has 0 unspecified atom stereocenters. The van der Waals surface area contributed by atoms with Crippen molar-refractivity contribution in [1.29, 1.82) is 0 Å². The molecule has 0 spiro atoms. The Morgan fingerprint density at radius 2 is 1.54 bits per heavy atom. The Labute approximate surface area is 167 Å². The van der Waals surface area contributed by atoms with Gasteiger partial charge in [-0.2, -0.15) is 0 Å². The zero-order valence-electron chi connectivity index (χ0n) is 16.9. The summed E-state index contributed by atoms with van der Waals surface area (Å²) < 4.78 is 11.7. The van der Waals surface area contributed by atoms with Gasteiger partial charge in [-0.05, 0) is 42.7 Å². The van der Waals surface area contributed by atoms with Crippen molar-refractivity contribution in [3.05, 3.63) is 83.7 Å². The van der Waals surface area contributed by atoms with E-state index in [-0.39, 0.29) is 0 Å². The van der Waals surface area contributed by atoms with Gasteiger partial charge in [-0.3, -0.25) is 4.90 Å². The summed E-state index contributed by atoms with van der Waals surface area (Å²) in [5, 5.41) is 11.1. The number of furan rings is 2. The summed E-state index contributed by atoms with van der Waals surface area (Å²) in [6.45, 7) is 6.34. The number of rotatable bonds is 11. The molecule has 0 fully saturated rings. The van der Waals surface area contributed by atoms with E-state index in [4.69, 9.17) is 8.83 Å². The van der Waals surface area contributed by atoms with Crippen LogP contribution in [0.2, 0.25) is 0 Å². The summed E-state index contributed by atoms with van der Waals surface area (Å²) in [7, 11) is 0. The first kappa shape index (κ1) is 20.4. The minimum atomic E-state index is -0.868. The second-order valence-corrected chi connectivity index (χ2v) is 7.51. The monoisotopic (exact) mass is 381 g/mol. The third-order valence-electron chi connectivity index (χ3n) is 5.04. The Morgan fingerprint density at radius 3 is 2.18 bits per heavy atom. The smallest absolute Gasteiger partial charge is 0.135 e. The lowest BCUT2D eigenvalue weighted by Gasteiger charge is -2.25. The fourth-order valence-corrected chi connectivity index (χ4v) is 3.76. The van der Waals surface area contributed by atoms with E-state index >= 15 is 0 Å². The van der Waals surface area contributed by atoms with Crippen molar-refractivity contribution in [1.82, 2.24) is 4.90 Å². The molecule has 0 bridgehead atoms. The highest BCUT2D eigenvalue weighted by atomic mass is 16.4. The van der Waals surface area contributed by atoms with Gasteiger partial charge in [0, 0.05) is 6.54 Å². The van der Waals surface area contributed by atoms with Crippen LogP contribution in [0.5, 0.6) is 0 Å². The Kier molecular flexibility index (Phi) is 7.12. The first-order valence-corrected chi connectivity index (χ1v) is 10.2. The molecule has 4 heteroatoms. The molecule has 28 heavy (non-hydrogen) atoms. The molecule has 0 aliphatic carbocycles. The lowest BCUT2D eigenvalue weighted by atomic mass is 9.90. The van der Waals surface area contributed by atoms with E-state index in [1.165, 1.54) is 5.56 Å². The molecule has 1 aromatic carbocycles. The van der Waals surface area contributed by atoms with Crippen molar-refractivity contribution < 1.29 is 13.9 Å². The van der Waals surface area contributed by atoms with Crippen LogP contribution in [-0.4, -0.2) is 10.0 Å². The summed E-state index contributed by atoms with van der Waals surface area (Å²) in [5.74, 6) is 2.48. The molecule has 0 radical (unpaired) electrons. The molecule has 1 N–H and O–H groups in total. The van der Waals surface area contributed by atoms with Crippen LogP contribution in [0, 0.1) is 0 Å². The van der Waals surface area contributed by atoms with Gasteiger partial charge in [-0.1, -0.05) is 57.0 Å². The van der Waals surface area contributed by atoms with Gasteiger partial charge in [-0.15, -0.1) is 0 Å². The molecule has 150 valence electrons. The van der Waals surface area contributed by atoms with Crippen LogP contribution in [-0.2, 0) is 25.2 Å². The minimum Gasteiger partial charge on any atom is -0.468 e. The molecular weight excluding hydrogens is 350 g/mol. The molecule has 0 aliphatic heterocycles. The number of nitrogens with zero attached hydrogens (tertiary/aromatic N) is 1. The molecule has 2 heterocycles. The summed E-state index contributed by atoms with van der Waals surface area (Å²) in [5.41, 5.74) is 0.377. The van der Waals surface area contributed by atoms with E-state index in [0.717, 1.165) is 30.9 Å². The predicted molar refractivity (Wildman–Crippen MR) is 111 cm³/mol. The van der Waals surface area contributed by atoms with Gasteiger partial charge in [0.25, 0.3) is 0 Å². The maximum atomic E-state index is 11.1. The SMILES string of the molecule is CCCC(O)(CCC)c1ccc(CN(Cc2ccccc2)Cc2ccco2)o1. The zero-order valence-corrected chi connectivity index (χ0v) is 16.9. The third-order valence-corrected chi connectivity index (χ3v) is 5.04. The Morgan fingerprint density at radius 1 is 0.821 bits per heavy atom. The number of hydrogen-bond donors (Lipinski definition) is 1. The van der Waals surface area contributed by atoms with Crippen LogP contribution < -0.4 is 0 Å². The largest absolute Gasteiger partial charge is 0.468 e. The topological polar surface area (TPSA) is 49.8 Å². The van der Waals surface area contributed by atoms with Crippen molar-refractivity contribution in [2.24, 2.45) is 0 Å². The van der Waals surface area contributed by atoms with Gasteiger partial charge < -0.3 is 13.9 Å². The molecule has 0 amide bonds. The standard InChI is InChI=1S/C24H31NO3/c1-3-14-24(26,15-4-2)23-13-12-22(28-23)19-25(18-21-11-8-16-27-21)17-20-9-6-5-7-10-20/h5-13,16,26H,3-4,14-15,17-19H2,1-2H3. The molecule has 3 aromatic rings. The van der Waals surface area contributed by atoms with Gasteiger partial charge in [0.05, 0.1) is 19.4 Å². The highest BCUT2D eigenvalue weighted by molar-refractivity contribution is 5.17. The van der Waals surface area contributed by atoms with Crippen molar-refractivity contribution in [2.45, 2.75) is 64.8 Å². The number of hydrogen-bond acceptors (Lipinski definition) is 4. The average Bonchev–Trinajstić information content (AvgIpc) is 3.35. The van der Waals surface area contributed by atoms with E-state index in [1.807, 2.05) is 30.3 Å². The van der Waals surface area contributed by atoms with Gasteiger partial charge in [0.15, 0.2) is 0 Å². The maximum absolute atomic E-state index is 11.1. The second-order valence-electron chi connectivity index (χ2n) is 7.51. The van der Waals surface area contributed by atoms with Gasteiger partial charge >= 0.3 is 0 Å². The molecule has 0 atom stereocenters. The molecule has 0 aliphatic rings. The van der Waals surface area contributed by atoms with Crippen molar-refractivity contribution in [3.63, 3.8) is 0 Å². The molecule has 4 nitrogen and oxygen atoms in total. The quantitative estimate of drug-likeness (QED) is 0.452. The first-order valence-electron chi connectivity index (χ1n) is 10.2. The molecule has 3 rings (SSSR count). The average molecular weight is 382 g/mol. The maximum Gasteiger partial charge on any atom is 0.135 e. The van der Waals surface area contributed by atoms with Crippen molar-refractivity contribution >= 4 is 0 Å². The zero-order chi connectivity index (χ0) is 19.8. The van der Waals surface area contributed by atoms with Crippen LogP contribution in [0.1, 0.15) is 62.4 Å². The van der Waals surface area contributed by atoms with Crippen LogP contribution in [0.25, 0.3) is 0 Å². The van der Waals surface area contributed by atoms with Gasteiger partial charge in [-0.25, -0.2) is 0 Å². The fraction of sp³-hybridized carbons (Fsp3) is 0.417. The van der Waals surface area contributed by atoms with E-state index in [1.54, 1.807) is 6.26 Å². The molecule has 2 aromatic heterocycles. The summed E-state index contributed by atoms with van der Waals surface area (Å²) in [6, 6.07) is 18.2. The molecular formula is C24H31NO3. The normalized spacial score (nSPS) is 12.0. The highest BCUT2D eigenvalue weighted by Gasteiger charge is 2.31. The van der Waals surface area contributed by atoms with Crippen LogP contribution in [0.3, 0.4) is 0 Å². The summed E-state index contributed by atoms with van der Waals surface area (Å²) in [6.07, 6.45) is 4.98. The summed E-state index contributed by atoms with van der Waals surface area (Å²) in [4.78, 5) is 2.29. The van der Waals surface area contributed by atoms with Crippen molar-refractivity contribution in [3.8, 4) is 0 Å². The Bertz CT molecular complexity index is 802. The lowest BCUT2D eigenvalue weighted by molar-refractivity contribution is -0.00529. The van der Waals surface area contributed by atoms with Crippen LogP contribution in [0.4, 0.5) is 0 Å². The lowest BCUT2D eigenvalue weighted by Crippen LogP contribution is -2.25. The van der Waals surface area contributed by atoms with Crippen LogP contribution >= 0.6 is 0 Å². The Hall–Kier alpha value is -2.30. The van der Waals surface area contributed by atoms with E-state index in [9.17, 15) is 5.11 Å². The first-order chi connectivity index (χ1) is 13.6. The minimum absolute atomic E-state index is 0.657. The summed E-state index contributed by atoms with van der Waals surface area (Å²) >= 11 is 0. The van der Waals surface area contributed by atoms with Gasteiger partial charge in [0.2, 0.25) is 0 Å². The number of aliphatic hydroxyl groups is 1. The number of benzene rings is 1. The van der Waals surface area contributed by atoms with E-state index < -0.39 is 5.60 Å². The molecule has 0 saturated carbocycles. The van der Waals surface area contributed by atoms with E-state index in [2.05, 4.69) is 43.0 Å². The highest BCUT2D eigenvalue weighted by Crippen LogP contribution is 2.33. The third kappa shape index (κ3) is 5.37. The second kappa shape index (κ2) is 9.76. The predicted octanol–water partition coefficient (Wildman–Crippen LogP) is 5.86. The van der Waals surface area contributed by atoms with Gasteiger partial charge in [0.1, 0.15) is 22.9 Å².